The molecule has 2 aromatic carbocycles. The summed E-state index contributed by atoms with van der Waals surface area (Å²) in [6.45, 7) is 2.30. The third-order valence-electron chi connectivity index (χ3n) is 6.67. The molecule has 1 aliphatic rings. The van der Waals surface area contributed by atoms with Crippen molar-refractivity contribution in [2.45, 2.75) is 38.5 Å². The zero-order chi connectivity index (χ0) is 25.5. The van der Waals surface area contributed by atoms with E-state index in [1.165, 1.54) is 6.07 Å². The van der Waals surface area contributed by atoms with Crippen LogP contribution in [-0.4, -0.2) is 64.5 Å². The number of hydrogen-bond donors (Lipinski definition) is 2. The molecule has 0 atom stereocenters. The highest BCUT2D eigenvalue weighted by Gasteiger charge is 2.26. The fraction of sp³-hybridized carbons (Fsp3) is 0.407. The molecule has 1 aromatic heterocycles. The third kappa shape index (κ3) is 5.96. The van der Waals surface area contributed by atoms with Crippen molar-refractivity contribution in [2.75, 3.05) is 32.7 Å². The second kappa shape index (κ2) is 11.9. The van der Waals surface area contributed by atoms with E-state index >= 15 is 0 Å². The Kier molecular flexibility index (Phi) is 8.43. The van der Waals surface area contributed by atoms with Crippen molar-refractivity contribution in [3.8, 4) is 0 Å². The van der Waals surface area contributed by atoms with Crippen LogP contribution in [0.1, 0.15) is 53.7 Å². The van der Waals surface area contributed by atoms with E-state index in [-0.39, 0.29) is 22.9 Å². The molecule has 0 bridgehead atoms. The monoisotopic (exact) mass is 493 g/mol. The van der Waals surface area contributed by atoms with Gasteiger partial charge in [-0.2, -0.15) is 5.10 Å². The fourth-order valence-corrected chi connectivity index (χ4v) is 4.61. The molecular formula is C27H32FN5O3. The van der Waals surface area contributed by atoms with E-state index in [4.69, 9.17) is 5.73 Å². The summed E-state index contributed by atoms with van der Waals surface area (Å²) in [5.41, 5.74) is 6.59. The maximum absolute atomic E-state index is 14.7. The van der Waals surface area contributed by atoms with Crippen LogP contribution in [0.4, 0.5) is 4.39 Å². The lowest BCUT2D eigenvalue weighted by Crippen LogP contribution is -2.50. The van der Waals surface area contributed by atoms with Gasteiger partial charge in [-0.05, 0) is 43.1 Å². The number of benzene rings is 2. The molecule has 2 amide bonds. The quantitative estimate of drug-likeness (QED) is 0.445. The number of fused-ring (bicyclic) bond motifs is 1. The van der Waals surface area contributed by atoms with Crippen molar-refractivity contribution < 1.29 is 14.0 Å². The Morgan fingerprint density at radius 3 is 2.39 bits per heavy atom. The molecule has 0 aliphatic carbocycles. The Morgan fingerprint density at radius 2 is 1.64 bits per heavy atom. The van der Waals surface area contributed by atoms with Gasteiger partial charge in [0.15, 0.2) is 0 Å². The lowest BCUT2D eigenvalue weighted by Gasteiger charge is -2.35. The van der Waals surface area contributed by atoms with E-state index in [1.807, 2.05) is 12.1 Å². The smallest absolute Gasteiger partial charge is 0.272 e. The number of nitrogens with one attached hydrogen (secondary N) is 1. The Labute approximate surface area is 209 Å². The van der Waals surface area contributed by atoms with Gasteiger partial charge in [-0.3, -0.25) is 14.4 Å². The summed E-state index contributed by atoms with van der Waals surface area (Å²) in [6.07, 6.45) is 4.68. The van der Waals surface area contributed by atoms with Crippen LogP contribution in [0.15, 0.2) is 47.3 Å². The van der Waals surface area contributed by atoms with E-state index in [2.05, 4.69) is 10.2 Å². The minimum atomic E-state index is -0.584. The molecule has 2 heterocycles. The molecule has 1 fully saturated rings. The van der Waals surface area contributed by atoms with Gasteiger partial charge in [0.25, 0.3) is 11.5 Å². The predicted octanol–water partition coefficient (Wildman–Crippen LogP) is 2.85. The van der Waals surface area contributed by atoms with Crippen LogP contribution in [0.25, 0.3) is 10.8 Å². The fourth-order valence-electron chi connectivity index (χ4n) is 4.61. The second-order valence-electron chi connectivity index (χ2n) is 9.16. The van der Waals surface area contributed by atoms with Crippen LogP contribution in [0.5, 0.6) is 0 Å². The number of hydrogen-bond acceptors (Lipinski definition) is 5. The van der Waals surface area contributed by atoms with Crippen LogP contribution in [0.3, 0.4) is 0 Å². The molecule has 0 unspecified atom stereocenters. The highest BCUT2D eigenvalue weighted by molar-refractivity contribution is 5.95. The first-order valence-corrected chi connectivity index (χ1v) is 12.5. The van der Waals surface area contributed by atoms with Crippen LogP contribution in [0, 0.1) is 5.82 Å². The Morgan fingerprint density at radius 1 is 0.944 bits per heavy atom. The van der Waals surface area contributed by atoms with Crippen molar-refractivity contribution in [2.24, 2.45) is 5.73 Å². The highest BCUT2D eigenvalue weighted by atomic mass is 19.1. The lowest BCUT2D eigenvalue weighted by molar-refractivity contribution is -0.132. The number of aromatic amines is 1. The zero-order valence-corrected chi connectivity index (χ0v) is 20.3. The van der Waals surface area contributed by atoms with Crippen molar-refractivity contribution in [3.05, 3.63) is 75.5 Å². The van der Waals surface area contributed by atoms with Crippen LogP contribution >= 0.6 is 0 Å². The number of unbranched alkanes of at least 4 members (excludes halogenated alkanes) is 3. The first-order chi connectivity index (χ1) is 17.5. The number of aromatic nitrogens is 2. The number of rotatable bonds is 9. The van der Waals surface area contributed by atoms with Gasteiger partial charge in [-0.1, -0.05) is 37.1 Å². The maximum atomic E-state index is 14.7. The van der Waals surface area contributed by atoms with Crippen molar-refractivity contribution in [3.63, 3.8) is 0 Å². The number of H-pyrrole nitrogens is 1. The van der Waals surface area contributed by atoms with Gasteiger partial charge >= 0.3 is 0 Å². The molecule has 8 nitrogen and oxygen atoms in total. The molecular weight excluding hydrogens is 461 g/mol. The number of halogens is 1. The average molecular weight is 494 g/mol. The SMILES string of the molecule is NCCCCCCC(=O)N1CCN(C(=O)c2cc(Cc3n[nH]c(=O)c4ccccc34)ccc2F)CC1. The Balaban J connectivity index is 1.39. The van der Waals surface area contributed by atoms with Crippen LogP contribution < -0.4 is 11.3 Å². The van der Waals surface area contributed by atoms with Gasteiger partial charge in [0, 0.05) is 44.4 Å². The largest absolute Gasteiger partial charge is 0.339 e. The summed E-state index contributed by atoms with van der Waals surface area (Å²) < 4.78 is 14.7. The molecule has 1 saturated heterocycles. The number of carbonyl (C=O) groups is 2. The van der Waals surface area contributed by atoms with Crippen molar-refractivity contribution in [1.29, 1.82) is 0 Å². The normalized spacial score (nSPS) is 13.8. The van der Waals surface area contributed by atoms with Crippen molar-refractivity contribution >= 4 is 22.6 Å². The average Bonchev–Trinajstić information content (AvgIpc) is 2.91. The maximum Gasteiger partial charge on any atom is 0.272 e. The number of nitrogens with zero attached hydrogens (tertiary/aromatic N) is 3. The van der Waals surface area contributed by atoms with Crippen LogP contribution in [0.2, 0.25) is 0 Å². The number of nitrogens with two attached hydrogens (primary N) is 1. The standard InChI is InChI=1S/C27H32FN5O3/c28-23-11-10-19(18-24-20-7-4-5-8-21(20)26(35)31-30-24)17-22(23)27(36)33-15-13-32(14-16-33)25(34)9-3-1-2-6-12-29/h4-5,7-8,10-11,17H,1-3,6,9,12-16,18,29H2,(H,31,35). The molecule has 0 spiro atoms. The summed E-state index contributed by atoms with van der Waals surface area (Å²) in [5, 5.41) is 7.94. The van der Waals surface area contributed by atoms with E-state index in [0.29, 0.717) is 62.2 Å². The molecule has 0 saturated carbocycles. The molecule has 4 rings (SSSR count). The van der Waals surface area contributed by atoms with E-state index in [0.717, 1.165) is 31.1 Å². The summed E-state index contributed by atoms with van der Waals surface area (Å²) in [5.74, 6) is -0.870. The first kappa shape index (κ1) is 25.5. The molecule has 3 aromatic rings. The minimum absolute atomic E-state index is 0.000843. The first-order valence-electron chi connectivity index (χ1n) is 12.5. The predicted molar refractivity (Wildman–Crippen MR) is 136 cm³/mol. The van der Waals surface area contributed by atoms with E-state index in [1.54, 1.807) is 34.1 Å². The Bertz CT molecular complexity index is 1280. The lowest BCUT2D eigenvalue weighted by atomic mass is 10.0. The molecule has 190 valence electrons. The summed E-state index contributed by atoms with van der Waals surface area (Å²) >= 11 is 0. The van der Waals surface area contributed by atoms with Gasteiger partial charge in [-0.15, -0.1) is 0 Å². The Hall–Kier alpha value is -3.59. The second-order valence-corrected chi connectivity index (χ2v) is 9.16. The van der Waals surface area contributed by atoms with Gasteiger partial charge in [0.05, 0.1) is 16.6 Å². The minimum Gasteiger partial charge on any atom is -0.339 e. The summed E-state index contributed by atoms with van der Waals surface area (Å²) in [7, 11) is 0. The number of piperazine rings is 1. The summed E-state index contributed by atoms with van der Waals surface area (Å²) in [6, 6.07) is 11.6. The zero-order valence-electron chi connectivity index (χ0n) is 20.3. The molecule has 1 aliphatic heterocycles. The molecule has 3 N–H and O–H groups in total. The van der Waals surface area contributed by atoms with Crippen LogP contribution in [-0.2, 0) is 11.2 Å². The van der Waals surface area contributed by atoms with Crippen molar-refractivity contribution in [1.82, 2.24) is 20.0 Å². The topological polar surface area (TPSA) is 112 Å². The van der Waals surface area contributed by atoms with Gasteiger partial charge < -0.3 is 15.5 Å². The molecule has 0 radical (unpaired) electrons. The number of carbonyl (C=O) groups excluding carboxylic acids is 2. The number of amides is 2. The molecule has 36 heavy (non-hydrogen) atoms. The third-order valence-corrected chi connectivity index (χ3v) is 6.67. The van der Waals surface area contributed by atoms with Gasteiger partial charge in [-0.25, -0.2) is 9.49 Å². The highest BCUT2D eigenvalue weighted by Crippen LogP contribution is 2.20. The molecule has 9 heteroatoms. The van der Waals surface area contributed by atoms with Gasteiger partial charge in [0.1, 0.15) is 5.82 Å². The van der Waals surface area contributed by atoms with E-state index < -0.39 is 5.82 Å². The summed E-state index contributed by atoms with van der Waals surface area (Å²) in [4.78, 5) is 41.1. The van der Waals surface area contributed by atoms with Gasteiger partial charge in [0.2, 0.25) is 5.91 Å². The van der Waals surface area contributed by atoms with E-state index in [9.17, 15) is 18.8 Å².